The van der Waals surface area contributed by atoms with Crippen LogP contribution in [0.15, 0.2) is 65.6 Å². The van der Waals surface area contributed by atoms with E-state index in [1.165, 1.54) is 12.1 Å². The quantitative estimate of drug-likeness (QED) is 0.718. The molecule has 1 aromatic heterocycles. The van der Waals surface area contributed by atoms with Gasteiger partial charge in [-0.25, -0.2) is 13.1 Å². The van der Waals surface area contributed by atoms with Gasteiger partial charge >= 0.3 is 0 Å². The van der Waals surface area contributed by atoms with Crippen LogP contribution < -0.4 is 10.5 Å². The van der Waals surface area contributed by atoms with E-state index in [1.54, 1.807) is 29.8 Å². The summed E-state index contributed by atoms with van der Waals surface area (Å²) in [6.45, 7) is 1.81. The largest absolute Gasteiger partial charge is 0.399 e. The van der Waals surface area contributed by atoms with Crippen molar-refractivity contribution in [3.05, 3.63) is 66.4 Å². The summed E-state index contributed by atoms with van der Waals surface area (Å²) in [5, 5.41) is 4.34. The zero-order chi connectivity index (χ0) is 16.4. The molecule has 3 aromatic rings. The molecule has 0 unspecified atom stereocenters. The highest BCUT2D eigenvalue weighted by Gasteiger charge is 2.17. The molecule has 0 bridgehead atoms. The zero-order valence-corrected chi connectivity index (χ0v) is 13.3. The first-order valence-electron chi connectivity index (χ1n) is 6.96. The minimum atomic E-state index is -3.71. The van der Waals surface area contributed by atoms with Gasteiger partial charge in [0.2, 0.25) is 0 Å². The second-order valence-electron chi connectivity index (χ2n) is 5.09. The van der Waals surface area contributed by atoms with Gasteiger partial charge in [-0.1, -0.05) is 18.2 Å². The summed E-state index contributed by atoms with van der Waals surface area (Å²) in [4.78, 5) is 0.144. The van der Waals surface area contributed by atoms with Crippen LogP contribution in [0, 0.1) is 6.92 Å². The number of hydrogen-bond donors (Lipinski definition) is 2. The van der Waals surface area contributed by atoms with Crippen molar-refractivity contribution < 1.29 is 8.42 Å². The third-order valence-corrected chi connectivity index (χ3v) is 4.63. The molecule has 3 rings (SSSR count). The Balaban J connectivity index is 1.99. The lowest BCUT2D eigenvalue weighted by Gasteiger charge is -2.10. The van der Waals surface area contributed by atoms with Crippen molar-refractivity contribution in [2.45, 2.75) is 11.8 Å². The van der Waals surface area contributed by atoms with Gasteiger partial charge in [-0.2, -0.15) is 5.10 Å². The molecule has 3 N–H and O–H groups in total. The van der Waals surface area contributed by atoms with Crippen molar-refractivity contribution in [3.63, 3.8) is 0 Å². The topological polar surface area (TPSA) is 90.0 Å². The van der Waals surface area contributed by atoms with Crippen LogP contribution in [-0.4, -0.2) is 18.2 Å². The van der Waals surface area contributed by atoms with Crippen LogP contribution in [-0.2, 0) is 10.0 Å². The molecule has 1 heterocycles. The number of rotatable bonds is 4. The number of benzene rings is 2. The Morgan fingerprint density at radius 2 is 1.70 bits per heavy atom. The summed E-state index contributed by atoms with van der Waals surface area (Å²) in [6.07, 6.45) is 0. The number of nitrogens with zero attached hydrogens (tertiary/aromatic N) is 2. The van der Waals surface area contributed by atoms with E-state index >= 15 is 0 Å². The molecule has 0 radical (unpaired) electrons. The molecule has 6 nitrogen and oxygen atoms in total. The fourth-order valence-corrected chi connectivity index (χ4v) is 3.21. The minimum Gasteiger partial charge on any atom is -0.399 e. The standard InChI is InChI=1S/C16H16N4O2S/c1-12-11-16(20(18-12)14-5-3-2-4-6-14)19-23(21,22)15-9-7-13(17)8-10-15/h2-11,19H,17H2,1H3/i7+1,8+1,9+1,10+1,13+1,15+1. The molecular formula is C16H16N4O2S. The van der Waals surface area contributed by atoms with E-state index in [4.69, 9.17) is 5.73 Å². The molecule has 0 atom stereocenters. The Morgan fingerprint density at radius 3 is 2.35 bits per heavy atom. The van der Waals surface area contributed by atoms with E-state index < -0.39 is 10.0 Å². The number of nitrogen functional groups attached to an aromatic ring is 1. The summed E-state index contributed by atoms with van der Waals surface area (Å²) in [7, 11) is -3.71. The number of para-hydroxylation sites is 1. The van der Waals surface area contributed by atoms with Crippen LogP contribution in [0.4, 0.5) is 11.5 Å². The fraction of sp³-hybridized carbons (Fsp3) is 0.0625. The van der Waals surface area contributed by atoms with Crippen molar-refractivity contribution in [1.82, 2.24) is 9.78 Å². The molecule has 0 fully saturated rings. The van der Waals surface area contributed by atoms with Crippen LogP contribution in [0.2, 0.25) is 0 Å². The van der Waals surface area contributed by atoms with Gasteiger partial charge in [0.05, 0.1) is 16.3 Å². The van der Waals surface area contributed by atoms with Crippen LogP contribution in [0.1, 0.15) is 5.69 Å². The second-order valence-corrected chi connectivity index (χ2v) is 6.78. The van der Waals surface area contributed by atoms with Gasteiger partial charge in [-0.3, -0.25) is 4.72 Å². The number of hydrogen-bond acceptors (Lipinski definition) is 4. The van der Waals surface area contributed by atoms with Crippen LogP contribution in [0.5, 0.6) is 0 Å². The Bertz CT molecular complexity index is 916. The number of nitrogens with one attached hydrogen (secondary N) is 1. The average Bonchev–Trinajstić information content (AvgIpc) is 2.88. The number of anilines is 2. The van der Waals surface area contributed by atoms with Gasteiger partial charge in [0.1, 0.15) is 5.82 Å². The van der Waals surface area contributed by atoms with Gasteiger partial charge in [-0.15, -0.1) is 0 Å². The molecule has 0 saturated heterocycles. The Morgan fingerprint density at radius 1 is 1.04 bits per heavy atom. The maximum atomic E-state index is 12.5. The van der Waals surface area contributed by atoms with Crippen molar-refractivity contribution in [1.29, 1.82) is 0 Å². The lowest BCUT2D eigenvalue weighted by molar-refractivity contribution is 0.600. The molecule has 0 aliphatic heterocycles. The second kappa shape index (κ2) is 5.77. The lowest BCUT2D eigenvalue weighted by Crippen LogP contribution is -2.15. The number of sulfonamides is 1. The Labute approximate surface area is 134 Å². The third kappa shape index (κ3) is 3.19. The monoisotopic (exact) mass is 334 g/mol. The Hall–Kier alpha value is -2.80. The highest BCUT2D eigenvalue weighted by molar-refractivity contribution is 7.92. The molecule has 0 saturated carbocycles. The highest BCUT2D eigenvalue weighted by atomic mass is 32.2. The molecule has 0 aliphatic carbocycles. The predicted octanol–water partition coefficient (Wildman–Crippen LogP) is 2.56. The van der Waals surface area contributed by atoms with E-state index in [2.05, 4.69) is 9.82 Å². The first-order chi connectivity index (χ1) is 11.0. The van der Waals surface area contributed by atoms with Crippen LogP contribution in [0.25, 0.3) is 5.69 Å². The van der Waals surface area contributed by atoms with Gasteiger partial charge in [0, 0.05) is 11.8 Å². The summed E-state index contributed by atoms with van der Waals surface area (Å²) in [5.41, 5.74) is 7.59. The maximum Gasteiger partial charge on any atom is 0.263 e. The van der Waals surface area contributed by atoms with Crippen molar-refractivity contribution >= 4 is 21.5 Å². The van der Waals surface area contributed by atoms with Crippen LogP contribution >= 0.6 is 0 Å². The van der Waals surface area contributed by atoms with Crippen molar-refractivity contribution in [2.75, 3.05) is 10.5 Å². The van der Waals surface area contributed by atoms with Gasteiger partial charge in [0.25, 0.3) is 10.0 Å². The van der Waals surface area contributed by atoms with E-state index in [9.17, 15) is 8.42 Å². The molecule has 0 amide bonds. The fourth-order valence-electron chi connectivity index (χ4n) is 2.18. The summed E-state index contributed by atoms with van der Waals surface area (Å²) >= 11 is 0. The molecular weight excluding hydrogens is 318 g/mol. The molecule has 0 aliphatic rings. The SMILES string of the molecule is Cc1cc(NS(=O)(=O)[13c]2[13cH][13cH][13c](N)[13cH][13cH]2)n(-c2ccccc2)n1. The van der Waals surface area contributed by atoms with Crippen molar-refractivity contribution in [3.8, 4) is 5.69 Å². The van der Waals surface area contributed by atoms with E-state index in [-0.39, 0.29) is 4.90 Å². The average molecular weight is 334 g/mol. The number of aromatic nitrogens is 2. The predicted molar refractivity (Wildman–Crippen MR) is 90.0 cm³/mol. The molecule has 2 aromatic carbocycles. The number of nitrogens with two attached hydrogens (primary N) is 1. The minimum absolute atomic E-state index is 0.144. The molecule has 0 spiro atoms. The lowest BCUT2D eigenvalue weighted by atomic mass is 10.3. The molecule has 118 valence electrons. The first kappa shape index (κ1) is 15.1. The summed E-state index contributed by atoms with van der Waals surface area (Å²) < 4.78 is 29.2. The smallest absolute Gasteiger partial charge is 0.263 e. The summed E-state index contributed by atoms with van der Waals surface area (Å²) in [6, 6.07) is 17.0. The first-order valence-corrected chi connectivity index (χ1v) is 8.44. The van der Waals surface area contributed by atoms with Crippen LogP contribution in [0.3, 0.4) is 0 Å². The van der Waals surface area contributed by atoms with Gasteiger partial charge in [0.15, 0.2) is 0 Å². The van der Waals surface area contributed by atoms with Gasteiger partial charge in [-0.05, 0) is 43.3 Å². The normalized spacial score (nSPS) is 11.3. The van der Waals surface area contributed by atoms with E-state index in [0.717, 1.165) is 5.69 Å². The molecule has 23 heavy (non-hydrogen) atoms. The zero-order valence-electron chi connectivity index (χ0n) is 12.5. The van der Waals surface area contributed by atoms with Gasteiger partial charge < -0.3 is 5.73 Å². The maximum absolute atomic E-state index is 12.5. The van der Waals surface area contributed by atoms with Crippen molar-refractivity contribution in [2.24, 2.45) is 0 Å². The third-order valence-electron chi connectivity index (χ3n) is 3.26. The van der Waals surface area contributed by atoms with E-state index in [0.29, 0.717) is 17.2 Å². The molecule has 7 heteroatoms. The number of aryl methyl sites for hydroxylation is 1. The summed E-state index contributed by atoms with van der Waals surface area (Å²) in [5.74, 6) is 0.380. The highest BCUT2D eigenvalue weighted by Crippen LogP contribution is 2.21. The van der Waals surface area contributed by atoms with E-state index in [1.807, 2.05) is 30.3 Å². The Kier molecular flexibility index (Phi) is 3.79.